The molecule has 0 radical (unpaired) electrons. The molecule has 37 heavy (non-hydrogen) atoms. The van der Waals surface area contributed by atoms with Crippen LogP contribution in [0.4, 0.5) is 11.4 Å². The number of pyridine rings is 1. The molecule has 1 aliphatic rings. The van der Waals surface area contributed by atoms with Gasteiger partial charge in [-0.3, -0.25) is 4.79 Å². The molecule has 192 valence electrons. The zero-order chi connectivity index (χ0) is 25.9. The van der Waals surface area contributed by atoms with E-state index >= 15 is 0 Å². The smallest absolute Gasteiger partial charge is 0.253 e. The molecule has 2 aromatic carbocycles. The highest BCUT2D eigenvalue weighted by molar-refractivity contribution is 5.98. The molecule has 0 atom stereocenters. The van der Waals surface area contributed by atoms with Gasteiger partial charge in [0.25, 0.3) is 5.91 Å². The zero-order valence-corrected chi connectivity index (χ0v) is 22.2. The van der Waals surface area contributed by atoms with E-state index in [1.165, 1.54) is 11.4 Å². The monoisotopic (exact) mass is 496 g/mol. The van der Waals surface area contributed by atoms with Crippen molar-refractivity contribution < 1.29 is 4.79 Å². The number of fused-ring (bicyclic) bond motifs is 1. The molecule has 7 heteroatoms. The van der Waals surface area contributed by atoms with Gasteiger partial charge in [0.2, 0.25) is 0 Å². The third kappa shape index (κ3) is 5.18. The van der Waals surface area contributed by atoms with Crippen molar-refractivity contribution in [3.63, 3.8) is 0 Å². The van der Waals surface area contributed by atoms with Crippen LogP contribution in [0.2, 0.25) is 0 Å². The normalized spacial score (nSPS) is 14.2. The lowest BCUT2D eigenvalue weighted by Crippen LogP contribution is -2.44. The molecule has 1 amide bonds. The zero-order valence-electron chi connectivity index (χ0n) is 22.2. The summed E-state index contributed by atoms with van der Waals surface area (Å²) in [5, 5.41) is 4.73. The molecule has 5 rings (SSSR count). The lowest BCUT2D eigenvalue weighted by Gasteiger charge is -2.35. The molecule has 3 heterocycles. The van der Waals surface area contributed by atoms with Crippen molar-refractivity contribution in [1.82, 2.24) is 19.8 Å². The molecule has 1 aliphatic heterocycles. The minimum atomic E-state index is 0.00179. The fraction of sp³-hybridized carbons (Fsp3) is 0.333. The summed E-state index contributed by atoms with van der Waals surface area (Å²) in [5.74, 6) is 0.00179. The van der Waals surface area contributed by atoms with E-state index < -0.39 is 0 Å². The van der Waals surface area contributed by atoms with Gasteiger partial charge in [-0.2, -0.15) is 0 Å². The summed E-state index contributed by atoms with van der Waals surface area (Å²) in [7, 11) is 5.72. The van der Waals surface area contributed by atoms with Crippen molar-refractivity contribution in [3.8, 4) is 22.3 Å². The van der Waals surface area contributed by atoms with Gasteiger partial charge in [-0.05, 0) is 54.9 Å². The topological polar surface area (TPSA) is 67.5 Å². The first-order chi connectivity index (χ1) is 17.9. The Balaban J connectivity index is 1.48. The summed E-state index contributed by atoms with van der Waals surface area (Å²) in [6.07, 6.45) is 5.01. The number of nitrogens with zero attached hydrogens (tertiary/aromatic N) is 4. The van der Waals surface area contributed by atoms with Gasteiger partial charge >= 0.3 is 0 Å². The number of nitrogens with one attached hydrogen (secondary N) is 2. The quantitative estimate of drug-likeness (QED) is 0.369. The first-order valence-electron chi connectivity index (χ1n) is 13.1. The Hall–Kier alpha value is -3.84. The molecular weight excluding hydrogens is 460 g/mol. The number of hydrogen-bond donors (Lipinski definition) is 2. The summed E-state index contributed by atoms with van der Waals surface area (Å²) in [4.78, 5) is 26.8. The number of rotatable bonds is 7. The first-order valence-corrected chi connectivity index (χ1v) is 13.1. The van der Waals surface area contributed by atoms with E-state index in [4.69, 9.17) is 4.98 Å². The van der Waals surface area contributed by atoms with Crippen LogP contribution in [-0.4, -0.2) is 79.5 Å². The summed E-state index contributed by atoms with van der Waals surface area (Å²) in [6, 6.07) is 16.7. The van der Waals surface area contributed by atoms with Gasteiger partial charge < -0.3 is 25.0 Å². The predicted molar refractivity (Wildman–Crippen MR) is 153 cm³/mol. The maximum Gasteiger partial charge on any atom is 0.253 e. The van der Waals surface area contributed by atoms with E-state index in [-0.39, 0.29) is 5.91 Å². The van der Waals surface area contributed by atoms with E-state index in [1.54, 1.807) is 19.0 Å². The maximum absolute atomic E-state index is 12.3. The summed E-state index contributed by atoms with van der Waals surface area (Å²) in [6.45, 7) is 7.37. The van der Waals surface area contributed by atoms with E-state index in [0.29, 0.717) is 5.56 Å². The van der Waals surface area contributed by atoms with Crippen molar-refractivity contribution in [2.45, 2.75) is 13.3 Å². The number of H-pyrrole nitrogens is 1. The lowest BCUT2D eigenvalue weighted by atomic mass is 10.0. The number of piperazine rings is 1. The number of anilines is 2. The SMILES string of the molecule is CCCNc1cc(-c2cnc3[nH]cc(-c4ccc(C(=O)N(C)C)cc4)c3c2)ccc1N1CCN(C)CC1. The number of carbonyl (C=O) groups excluding carboxylic acids is 1. The maximum atomic E-state index is 12.3. The molecule has 1 saturated heterocycles. The van der Waals surface area contributed by atoms with Crippen molar-refractivity contribution in [1.29, 1.82) is 0 Å². The highest BCUT2D eigenvalue weighted by Crippen LogP contribution is 2.35. The first kappa shape index (κ1) is 24.8. The Morgan fingerprint density at radius 2 is 1.73 bits per heavy atom. The average Bonchev–Trinajstić information content (AvgIpc) is 3.35. The van der Waals surface area contributed by atoms with E-state index in [1.807, 2.05) is 36.7 Å². The predicted octanol–water partition coefficient (Wildman–Crippen LogP) is 5.17. The van der Waals surface area contributed by atoms with Crippen molar-refractivity contribution in [2.75, 3.05) is 64.1 Å². The largest absolute Gasteiger partial charge is 0.383 e. The molecule has 0 unspecified atom stereocenters. The summed E-state index contributed by atoms with van der Waals surface area (Å²) < 4.78 is 0. The van der Waals surface area contributed by atoms with Crippen LogP contribution in [0.1, 0.15) is 23.7 Å². The average molecular weight is 497 g/mol. The van der Waals surface area contributed by atoms with Gasteiger partial charge in [-0.15, -0.1) is 0 Å². The van der Waals surface area contributed by atoms with Crippen LogP contribution in [0.5, 0.6) is 0 Å². The standard InChI is InChI=1S/C30H36N6O/c1-5-12-31-27-18-23(10-11-28(27)36-15-13-35(4)14-16-36)24-17-25-26(20-33-29(25)32-19-24)21-6-8-22(9-7-21)30(37)34(2)3/h6-11,17-20,31H,5,12-16H2,1-4H3,(H,32,33). The van der Waals surface area contributed by atoms with Crippen molar-refractivity contribution >= 4 is 28.3 Å². The van der Waals surface area contributed by atoms with Gasteiger partial charge in [0.1, 0.15) is 5.65 Å². The Labute approximate surface area is 219 Å². The lowest BCUT2D eigenvalue weighted by molar-refractivity contribution is 0.0827. The Bertz CT molecular complexity index is 1380. The van der Waals surface area contributed by atoms with Gasteiger partial charge in [0, 0.05) is 81.3 Å². The minimum Gasteiger partial charge on any atom is -0.383 e. The van der Waals surface area contributed by atoms with Crippen LogP contribution in [0, 0.1) is 0 Å². The van der Waals surface area contributed by atoms with Crippen LogP contribution in [0.15, 0.2) is 60.9 Å². The Morgan fingerprint density at radius 1 is 1.00 bits per heavy atom. The van der Waals surface area contributed by atoms with Crippen LogP contribution < -0.4 is 10.2 Å². The molecule has 0 spiro atoms. The van der Waals surface area contributed by atoms with E-state index in [0.717, 1.165) is 72.4 Å². The highest BCUT2D eigenvalue weighted by atomic mass is 16.2. The highest BCUT2D eigenvalue weighted by Gasteiger charge is 2.18. The molecule has 2 N–H and O–H groups in total. The molecule has 0 bridgehead atoms. The van der Waals surface area contributed by atoms with Crippen LogP contribution >= 0.6 is 0 Å². The number of carbonyl (C=O) groups is 1. The van der Waals surface area contributed by atoms with Crippen LogP contribution in [0.25, 0.3) is 33.3 Å². The Kier molecular flexibility index (Phi) is 7.15. The summed E-state index contributed by atoms with van der Waals surface area (Å²) in [5.41, 5.74) is 8.34. The Morgan fingerprint density at radius 3 is 2.43 bits per heavy atom. The van der Waals surface area contributed by atoms with E-state index in [9.17, 15) is 4.79 Å². The third-order valence-electron chi connectivity index (χ3n) is 7.12. The third-order valence-corrected chi connectivity index (χ3v) is 7.12. The molecule has 1 fully saturated rings. The molecular formula is C30H36N6O. The number of likely N-dealkylation sites (N-methyl/N-ethyl adjacent to an activating group) is 1. The minimum absolute atomic E-state index is 0.00179. The van der Waals surface area contributed by atoms with Gasteiger partial charge in [0.15, 0.2) is 0 Å². The number of hydrogen-bond acceptors (Lipinski definition) is 5. The summed E-state index contributed by atoms with van der Waals surface area (Å²) >= 11 is 0. The van der Waals surface area contributed by atoms with Crippen LogP contribution in [-0.2, 0) is 0 Å². The molecule has 7 nitrogen and oxygen atoms in total. The second-order valence-corrected chi connectivity index (χ2v) is 10.0. The number of amides is 1. The molecule has 0 saturated carbocycles. The molecule has 2 aromatic heterocycles. The van der Waals surface area contributed by atoms with Crippen molar-refractivity contribution in [2.24, 2.45) is 0 Å². The van der Waals surface area contributed by atoms with Gasteiger partial charge in [-0.1, -0.05) is 25.1 Å². The van der Waals surface area contributed by atoms with Gasteiger partial charge in [0.05, 0.1) is 11.4 Å². The molecule has 0 aliphatic carbocycles. The fourth-order valence-electron chi connectivity index (χ4n) is 4.89. The second-order valence-electron chi connectivity index (χ2n) is 10.0. The fourth-order valence-corrected chi connectivity index (χ4v) is 4.89. The van der Waals surface area contributed by atoms with E-state index in [2.05, 4.69) is 58.3 Å². The van der Waals surface area contributed by atoms with Gasteiger partial charge in [-0.25, -0.2) is 4.98 Å². The number of benzene rings is 2. The number of aromatic nitrogens is 2. The molecule has 4 aromatic rings. The number of aromatic amines is 1. The van der Waals surface area contributed by atoms with Crippen LogP contribution in [0.3, 0.4) is 0 Å². The second kappa shape index (κ2) is 10.6. The van der Waals surface area contributed by atoms with Crippen molar-refractivity contribution in [3.05, 3.63) is 66.5 Å².